The van der Waals surface area contributed by atoms with Crippen LogP contribution in [-0.2, 0) is 4.79 Å². The number of aliphatic hydroxyl groups excluding tert-OH is 1. The molecule has 0 spiro atoms. The van der Waals surface area contributed by atoms with Gasteiger partial charge in [0.1, 0.15) is 11.5 Å². The summed E-state index contributed by atoms with van der Waals surface area (Å²) in [6.07, 6.45) is 1.27. The number of nitrogens with one attached hydrogen (secondary N) is 2. The average Bonchev–Trinajstić information content (AvgIpc) is 3.02. The summed E-state index contributed by atoms with van der Waals surface area (Å²) < 4.78 is 0. The van der Waals surface area contributed by atoms with Crippen molar-refractivity contribution >= 4 is 23.2 Å². The van der Waals surface area contributed by atoms with Crippen molar-refractivity contribution in [3.05, 3.63) is 21.9 Å². The van der Waals surface area contributed by atoms with Crippen LogP contribution in [0.25, 0.3) is 0 Å². The molecule has 1 fully saturated rings. The van der Waals surface area contributed by atoms with Gasteiger partial charge in [-0.05, 0) is 17.9 Å². The van der Waals surface area contributed by atoms with Crippen molar-refractivity contribution in [2.24, 2.45) is 0 Å². The fraction of sp³-hybridized carbons (Fsp3) is 0.385. The molecule has 19 heavy (non-hydrogen) atoms. The summed E-state index contributed by atoms with van der Waals surface area (Å²) >= 11 is 1.31. The lowest BCUT2D eigenvalue weighted by molar-refractivity contribution is -0.119. The molecule has 1 aromatic rings. The highest BCUT2D eigenvalue weighted by atomic mass is 32.1. The monoisotopic (exact) mass is 278 g/mol. The van der Waals surface area contributed by atoms with E-state index in [2.05, 4.69) is 22.5 Å². The summed E-state index contributed by atoms with van der Waals surface area (Å²) in [6.45, 7) is 0.195. The molecule has 100 valence electrons. The van der Waals surface area contributed by atoms with E-state index < -0.39 is 0 Å². The van der Waals surface area contributed by atoms with Gasteiger partial charge < -0.3 is 15.7 Å². The molecule has 0 bridgehead atoms. The van der Waals surface area contributed by atoms with Crippen molar-refractivity contribution in [3.63, 3.8) is 0 Å². The number of rotatable bonds is 3. The Bertz CT molecular complexity index is 542. The molecule has 1 atom stereocenters. The fourth-order valence-corrected chi connectivity index (χ4v) is 2.61. The SMILES string of the molecule is O=C1CCC(CNC(=O)c2sccc2C#CCO)N1. The number of amides is 2. The van der Waals surface area contributed by atoms with E-state index in [0.29, 0.717) is 23.4 Å². The Morgan fingerprint density at radius 1 is 1.63 bits per heavy atom. The quantitative estimate of drug-likeness (QED) is 0.686. The zero-order valence-corrected chi connectivity index (χ0v) is 11.0. The fourth-order valence-electron chi connectivity index (χ4n) is 1.84. The van der Waals surface area contributed by atoms with Crippen LogP contribution < -0.4 is 10.6 Å². The van der Waals surface area contributed by atoms with Crippen molar-refractivity contribution in [2.75, 3.05) is 13.2 Å². The second-order valence-corrected chi connectivity index (χ2v) is 5.05. The molecule has 2 amide bonds. The minimum absolute atomic E-state index is 0.0170. The Morgan fingerprint density at radius 3 is 3.16 bits per heavy atom. The Kier molecular flexibility index (Phi) is 4.55. The molecular formula is C13H14N2O3S. The largest absolute Gasteiger partial charge is 0.384 e. The van der Waals surface area contributed by atoms with Gasteiger partial charge in [-0.15, -0.1) is 11.3 Å². The molecule has 2 rings (SSSR count). The summed E-state index contributed by atoms with van der Waals surface area (Å²) in [5.41, 5.74) is 0.618. The van der Waals surface area contributed by atoms with Gasteiger partial charge in [0.25, 0.3) is 5.91 Å². The molecule has 5 nitrogen and oxygen atoms in total. The topological polar surface area (TPSA) is 78.4 Å². The molecule has 0 saturated carbocycles. The van der Waals surface area contributed by atoms with Crippen molar-refractivity contribution in [1.29, 1.82) is 0 Å². The van der Waals surface area contributed by atoms with Crippen LogP contribution in [0, 0.1) is 11.8 Å². The third-order valence-electron chi connectivity index (χ3n) is 2.77. The third kappa shape index (κ3) is 3.56. The second-order valence-electron chi connectivity index (χ2n) is 4.14. The zero-order valence-electron chi connectivity index (χ0n) is 10.2. The standard InChI is InChI=1S/C13H14N2O3S/c16-6-1-2-9-5-7-19-12(9)13(18)14-8-10-3-4-11(17)15-10/h5,7,10,16H,3-4,6,8H2,(H,14,18)(H,15,17). The predicted octanol–water partition coefficient (Wildman–Crippen LogP) is 0.100. The van der Waals surface area contributed by atoms with Gasteiger partial charge >= 0.3 is 0 Å². The maximum Gasteiger partial charge on any atom is 0.262 e. The first-order chi connectivity index (χ1) is 9.20. The van der Waals surface area contributed by atoms with E-state index in [0.717, 1.165) is 6.42 Å². The average molecular weight is 278 g/mol. The molecule has 6 heteroatoms. The van der Waals surface area contributed by atoms with Crippen LogP contribution in [-0.4, -0.2) is 36.1 Å². The molecular weight excluding hydrogens is 264 g/mol. The van der Waals surface area contributed by atoms with Crippen molar-refractivity contribution in [1.82, 2.24) is 10.6 Å². The van der Waals surface area contributed by atoms with E-state index in [1.54, 1.807) is 11.4 Å². The molecule has 2 heterocycles. The van der Waals surface area contributed by atoms with Crippen LogP contribution in [0.4, 0.5) is 0 Å². The highest BCUT2D eigenvalue weighted by Gasteiger charge is 2.21. The lowest BCUT2D eigenvalue weighted by atomic mass is 10.2. The minimum atomic E-state index is -0.231. The number of aliphatic hydroxyl groups is 1. The lowest BCUT2D eigenvalue weighted by Gasteiger charge is -2.10. The number of thiophene rings is 1. The van der Waals surface area contributed by atoms with Crippen LogP contribution in [0.2, 0.25) is 0 Å². The summed E-state index contributed by atoms with van der Waals surface area (Å²) in [5, 5.41) is 16.0. The van der Waals surface area contributed by atoms with Crippen LogP contribution in [0.1, 0.15) is 28.1 Å². The molecule has 1 saturated heterocycles. The van der Waals surface area contributed by atoms with Crippen molar-refractivity contribution in [3.8, 4) is 11.8 Å². The molecule has 0 aromatic carbocycles. The molecule has 1 aliphatic rings. The molecule has 0 radical (unpaired) electrons. The highest BCUT2D eigenvalue weighted by Crippen LogP contribution is 2.15. The summed E-state index contributed by atoms with van der Waals surface area (Å²) in [7, 11) is 0. The van der Waals surface area contributed by atoms with Crippen LogP contribution in [0.5, 0.6) is 0 Å². The molecule has 3 N–H and O–H groups in total. The first-order valence-electron chi connectivity index (χ1n) is 5.95. The maximum absolute atomic E-state index is 12.0. The smallest absolute Gasteiger partial charge is 0.262 e. The zero-order chi connectivity index (χ0) is 13.7. The summed E-state index contributed by atoms with van der Waals surface area (Å²) in [5.74, 6) is 5.10. The van der Waals surface area contributed by atoms with Gasteiger partial charge in [0.2, 0.25) is 5.91 Å². The highest BCUT2D eigenvalue weighted by molar-refractivity contribution is 7.12. The normalized spacial score (nSPS) is 17.5. The first-order valence-corrected chi connectivity index (χ1v) is 6.83. The van der Waals surface area contributed by atoms with E-state index in [-0.39, 0.29) is 24.5 Å². The van der Waals surface area contributed by atoms with Crippen molar-refractivity contribution in [2.45, 2.75) is 18.9 Å². The van der Waals surface area contributed by atoms with Crippen LogP contribution >= 0.6 is 11.3 Å². The van der Waals surface area contributed by atoms with Gasteiger partial charge in [0.05, 0.1) is 0 Å². The molecule has 1 aliphatic heterocycles. The predicted molar refractivity (Wildman–Crippen MR) is 71.8 cm³/mol. The van der Waals surface area contributed by atoms with E-state index in [9.17, 15) is 9.59 Å². The van der Waals surface area contributed by atoms with Crippen LogP contribution in [0.15, 0.2) is 11.4 Å². The number of carbonyl (C=O) groups excluding carboxylic acids is 2. The Hall–Kier alpha value is -1.84. The minimum Gasteiger partial charge on any atom is -0.384 e. The number of hydrogen-bond acceptors (Lipinski definition) is 4. The molecule has 1 aromatic heterocycles. The second kappa shape index (κ2) is 6.36. The molecule has 1 unspecified atom stereocenters. The number of hydrogen-bond donors (Lipinski definition) is 3. The Morgan fingerprint density at radius 2 is 2.47 bits per heavy atom. The van der Waals surface area contributed by atoms with Gasteiger partial charge in [0, 0.05) is 24.6 Å². The molecule has 0 aliphatic carbocycles. The lowest BCUT2D eigenvalue weighted by Crippen LogP contribution is -2.38. The first kappa shape index (κ1) is 13.6. The van der Waals surface area contributed by atoms with Gasteiger partial charge in [-0.2, -0.15) is 0 Å². The van der Waals surface area contributed by atoms with Crippen molar-refractivity contribution < 1.29 is 14.7 Å². The Balaban J connectivity index is 1.93. The van der Waals surface area contributed by atoms with Crippen LogP contribution in [0.3, 0.4) is 0 Å². The van der Waals surface area contributed by atoms with E-state index >= 15 is 0 Å². The number of carbonyl (C=O) groups is 2. The van der Waals surface area contributed by atoms with Gasteiger partial charge in [-0.1, -0.05) is 11.8 Å². The van der Waals surface area contributed by atoms with Gasteiger partial charge in [-0.3, -0.25) is 9.59 Å². The third-order valence-corrected chi connectivity index (χ3v) is 3.68. The van der Waals surface area contributed by atoms with E-state index in [1.165, 1.54) is 11.3 Å². The van der Waals surface area contributed by atoms with E-state index in [4.69, 9.17) is 5.11 Å². The maximum atomic E-state index is 12.0. The summed E-state index contributed by atoms with van der Waals surface area (Å²) in [6, 6.07) is 1.77. The van der Waals surface area contributed by atoms with Gasteiger partial charge in [-0.25, -0.2) is 0 Å². The van der Waals surface area contributed by atoms with Gasteiger partial charge in [0.15, 0.2) is 0 Å². The van der Waals surface area contributed by atoms with E-state index in [1.807, 2.05) is 0 Å². The Labute approximate surface area is 115 Å². The summed E-state index contributed by atoms with van der Waals surface area (Å²) in [4.78, 5) is 23.6.